The predicted molar refractivity (Wildman–Crippen MR) is 86.8 cm³/mol. The van der Waals surface area contributed by atoms with Crippen molar-refractivity contribution in [3.05, 3.63) is 0 Å². The minimum Gasteiger partial charge on any atom is -0.393 e. The molecule has 0 saturated heterocycles. The molecule has 0 aromatic carbocycles. The molecule has 4 rings (SSSR count). The van der Waals surface area contributed by atoms with Gasteiger partial charge in [0, 0.05) is 0 Å². The summed E-state index contributed by atoms with van der Waals surface area (Å²) < 4.78 is 0. The van der Waals surface area contributed by atoms with Crippen LogP contribution in [0.2, 0.25) is 0 Å². The molecule has 1 nitrogen and oxygen atoms in total. The summed E-state index contributed by atoms with van der Waals surface area (Å²) in [5, 5.41) is 10.7. The lowest BCUT2D eigenvalue weighted by Crippen LogP contribution is -2.53. The van der Waals surface area contributed by atoms with E-state index >= 15 is 0 Å². The SMILES string of the molecule is CC(C)[C@H]1CC[C@]2(C)CC[C@@]3(C)C[C@@H](O)[C@@]4(C)C[C@H]4[C@@H]3[C@@H]12. The fraction of sp³-hybridized carbons (Fsp3) is 1.00. The summed E-state index contributed by atoms with van der Waals surface area (Å²) in [4.78, 5) is 0. The van der Waals surface area contributed by atoms with Gasteiger partial charge in [-0.3, -0.25) is 0 Å². The normalized spacial score (nSPS) is 62.1. The molecule has 0 radical (unpaired) electrons. The fourth-order valence-electron chi connectivity index (χ4n) is 7.25. The highest BCUT2D eigenvalue weighted by Crippen LogP contribution is 2.76. The van der Waals surface area contributed by atoms with Crippen molar-refractivity contribution in [2.45, 2.75) is 79.2 Å². The lowest BCUT2D eigenvalue weighted by Gasteiger charge is -2.58. The van der Waals surface area contributed by atoms with Crippen LogP contribution in [-0.4, -0.2) is 11.2 Å². The summed E-state index contributed by atoms with van der Waals surface area (Å²) in [6.07, 6.45) is 8.01. The van der Waals surface area contributed by atoms with Crippen molar-refractivity contribution in [2.24, 2.45) is 45.8 Å². The van der Waals surface area contributed by atoms with Crippen molar-refractivity contribution in [1.29, 1.82) is 0 Å². The van der Waals surface area contributed by atoms with Crippen LogP contribution in [0.15, 0.2) is 0 Å². The molecule has 8 atom stereocenters. The molecule has 0 heterocycles. The quantitative estimate of drug-likeness (QED) is 0.729. The van der Waals surface area contributed by atoms with Crippen molar-refractivity contribution >= 4 is 0 Å². The van der Waals surface area contributed by atoms with E-state index in [0.717, 1.165) is 36.0 Å². The van der Waals surface area contributed by atoms with Gasteiger partial charge in [0.2, 0.25) is 0 Å². The zero-order chi connectivity index (χ0) is 15.2. The Morgan fingerprint density at radius 1 is 0.905 bits per heavy atom. The summed E-state index contributed by atoms with van der Waals surface area (Å²) in [5.41, 5.74) is 1.29. The molecule has 1 heteroatoms. The first kappa shape index (κ1) is 14.5. The van der Waals surface area contributed by atoms with Crippen LogP contribution >= 0.6 is 0 Å². The van der Waals surface area contributed by atoms with E-state index in [-0.39, 0.29) is 11.5 Å². The van der Waals surface area contributed by atoms with Crippen molar-refractivity contribution in [1.82, 2.24) is 0 Å². The van der Waals surface area contributed by atoms with Crippen LogP contribution in [0.5, 0.6) is 0 Å². The number of aliphatic hydroxyl groups excluding tert-OH is 1. The number of hydrogen-bond donors (Lipinski definition) is 1. The van der Waals surface area contributed by atoms with E-state index in [2.05, 4.69) is 34.6 Å². The Morgan fingerprint density at radius 3 is 2.24 bits per heavy atom. The van der Waals surface area contributed by atoms with Gasteiger partial charge in [0.05, 0.1) is 6.10 Å². The van der Waals surface area contributed by atoms with Crippen LogP contribution in [0.1, 0.15) is 73.1 Å². The van der Waals surface area contributed by atoms with E-state index in [9.17, 15) is 5.11 Å². The fourth-order valence-corrected chi connectivity index (χ4v) is 7.25. The molecule has 0 bridgehead atoms. The third-order valence-corrected chi connectivity index (χ3v) is 8.83. The maximum atomic E-state index is 10.7. The second-order valence-corrected chi connectivity index (χ2v) is 10.3. The second-order valence-electron chi connectivity index (χ2n) is 10.3. The van der Waals surface area contributed by atoms with Gasteiger partial charge < -0.3 is 5.11 Å². The topological polar surface area (TPSA) is 20.2 Å². The Bertz CT molecular complexity index is 457. The summed E-state index contributed by atoms with van der Waals surface area (Å²) >= 11 is 0. The van der Waals surface area contributed by atoms with E-state index in [1.165, 1.54) is 32.1 Å². The maximum Gasteiger partial charge on any atom is 0.0601 e. The smallest absolute Gasteiger partial charge is 0.0601 e. The third-order valence-electron chi connectivity index (χ3n) is 8.83. The van der Waals surface area contributed by atoms with Crippen LogP contribution in [0.3, 0.4) is 0 Å². The summed E-state index contributed by atoms with van der Waals surface area (Å²) in [5.74, 6) is 4.39. The van der Waals surface area contributed by atoms with Crippen molar-refractivity contribution in [2.75, 3.05) is 0 Å². The van der Waals surface area contributed by atoms with Gasteiger partial charge in [-0.1, -0.05) is 34.6 Å². The molecule has 0 aromatic heterocycles. The highest BCUT2D eigenvalue weighted by atomic mass is 16.3. The predicted octanol–water partition coefficient (Wildman–Crippen LogP) is 4.88. The van der Waals surface area contributed by atoms with Gasteiger partial charge in [-0.25, -0.2) is 0 Å². The minimum absolute atomic E-state index is 0.0352. The van der Waals surface area contributed by atoms with E-state index in [1.807, 2.05) is 0 Å². The van der Waals surface area contributed by atoms with Crippen LogP contribution in [0, 0.1) is 45.8 Å². The van der Waals surface area contributed by atoms with Crippen LogP contribution in [0.25, 0.3) is 0 Å². The summed E-state index contributed by atoms with van der Waals surface area (Å²) in [7, 11) is 0. The Hall–Kier alpha value is -0.0400. The first-order chi connectivity index (χ1) is 9.71. The molecule has 1 N–H and O–H groups in total. The average molecular weight is 290 g/mol. The zero-order valence-corrected chi connectivity index (χ0v) is 14.7. The molecule has 4 aliphatic rings. The Morgan fingerprint density at radius 2 is 1.57 bits per heavy atom. The Kier molecular flexibility index (Phi) is 2.82. The van der Waals surface area contributed by atoms with Crippen LogP contribution < -0.4 is 0 Å². The molecule has 0 unspecified atom stereocenters. The monoisotopic (exact) mass is 290 g/mol. The molecule has 21 heavy (non-hydrogen) atoms. The van der Waals surface area contributed by atoms with E-state index in [1.54, 1.807) is 0 Å². The summed E-state index contributed by atoms with van der Waals surface area (Å²) in [6, 6.07) is 0. The first-order valence-electron chi connectivity index (χ1n) is 9.39. The lowest BCUT2D eigenvalue weighted by molar-refractivity contribution is -0.120. The zero-order valence-electron chi connectivity index (χ0n) is 14.7. The lowest BCUT2D eigenvalue weighted by atomic mass is 9.47. The Balaban J connectivity index is 1.75. The molecular weight excluding hydrogens is 256 g/mol. The van der Waals surface area contributed by atoms with Crippen molar-refractivity contribution in [3.63, 3.8) is 0 Å². The average Bonchev–Trinajstić information content (AvgIpc) is 2.95. The van der Waals surface area contributed by atoms with Gasteiger partial charge in [0.25, 0.3) is 0 Å². The molecular formula is C20H34O. The van der Waals surface area contributed by atoms with E-state index in [0.29, 0.717) is 10.8 Å². The first-order valence-corrected chi connectivity index (χ1v) is 9.39. The standard InChI is InChI=1S/C20H34O/c1-12(2)13-6-7-18(3)8-9-19(4)11-15(21)20(5)10-14(20)17(19)16(13)18/h12-17,21H,6-11H2,1-5H3/t13-,14+,15-,16-,17-,18-,19+,20+/m1/s1. The van der Waals surface area contributed by atoms with E-state index < -0.39 is 0 Å². The van der Waals surface area contributed by atoms with Gasteiger partial charge in [-0.2, -0.15) is 0 Å². The maximum absolute atomic E-state index is 10.7. The van der Waals surface area contributed by atoms with Gasteiger partial charge in [-0.05, 0) is 84.4 Å². The highest BCUT2D eigenvalue weighted by Gasteiger charge is 2.71. The Labute approximate surface area is 130 Å². The highest BCUT2D eigenvalue weighted by molar-refractivity contribution is 5.20. The second kappa shape index (κ2) is 4.08. The molecule has 4 saturated carbocycles. The number of fused-ring (bicyclic) bond motifs is 5. The molecule has 120 valence electrons. The van der Waals surface area contributed by atoms with E-state index in [4.69, 9.17) is 0 Å². The molecule has 4 fully saturated rings. The van der Waals surface area contributed by atoms with Gasteiger partial charge in [-0.15, -0.1) is 0 Å². The molecule has 0 amide bonds. The number of rotatable bonds is 1. The van der Waals surface area contributed by atoms with Crippen molar-refractivity contribution in [3.8, 4) is 0 Å². The van der Waals surface area contributed by atoms with Crippen molar-refractivity contribution < 1.29 is 5.11 Å². The van der Waals surface area contributed by atoms with Crippen LogP contribution in [-0.2, 0) is 0 Å². The largest absolute Gasteiger partial charge is 0.393 e. The van der Waals surface area contributed by atoms with Crippen LogP contribution in [0.4, 0.5) is 0 Å². The van der Waals surface area contributed by atoms with Gasteiger partial charge in [0.15, 0.2) is 0 Å². The molecule has 0 aliphatic heterocycles. The number of aliphatic hydroxyl groups is 1. The third kappa shape index (κ3) is 1.73. The van der Waals surface area contributed by atoms with Gasteiger partial charge >= 0.3 is 0 Å². The van der Waals surface area contributed by atoms with Gasteiger partial charge in [0.1, 0.15) is 0 Å². The summed E-state index contributed by atoms with van der Waals surface area (Å²) in [6.45, 7) is 12.4. The molecule has 0 aromatic rings. The minimum atomic E-state index is -0.0352. The number of hydrogen-bond acceptors (Lipinski definition) is 1. The molecule has 4 aliphatic carbocycles. The molecule has 0 spiro atoms.